The maximum Gasteiger partial charge on any atom is 0.222 e. The molecule has 0 radical (unpaired) electrons. The molecule has 7 heteroatoms. The molecule has 31 heavy (non-hydrogen) atoms. The molecule has 1 aliphatic carbocycles. The maximum atomic E-state index is 12.5. The van der Waals surface area contributed by atoms with Crippen molar-refractivity contribution in [1.29, 1.82) is 0 Å². The molecule has 1 aromatic heterocycles. The van der Waals surface area contributed by atoms with Crippen molar-refractivity contribution < 1.29 is 14.3 Å². The number of benzene rings is 1. The van der Waals surface area contributed by atoms with Crippen molar-refractivity contribution in [2.75, 3.05) is 44.3 Å². The average molecular weight is 425 g/mol. The lowest BCUT2D eigenvalue weighted by molar-refractivity contribution is -0.131. The number of hydrogen-bond donors (Lipinski definition) is 0. The van der Waals surface area contributed by atoms with Crippen LogP contribution in [-0.2, 0) is 9.53 Å². The van der Waals surface area contributed by atoms with Gasteiger partial charge < -0.3 is 19.3 Å². The third-order valence-electron chi connectivity index (χ3n) is 6.91. The Kier molecular flexibility index (Phi) is 6.20. The molecule has 3 heterocycles. The summed E-state index contributed by atoms with van der Waals surface area (Å²) in [5.74, 6) is 1.66. The molecule has 7 nitrogen and oxygen atoms in total. The fourth-order valence-electron chi connectivity index (χ4n) is 5.10. The standard InChI is InChI=1S/C24H32N4O3/c29-23(28-9-1-2-10-28)15-18-3-5-20(6-4-18)31-22-17-19(27-11-13-30-14-12-27)16-21-24(22)26-8-7-25-21/h7-8,16-18,20H,1-6,9-15H2. The van der Waals surface area contributed by atoms with Crippen molar-refractivity contribution >= 4 is 22.6 Å². The number of anilines is 1. The van der Waals surface area contributed by atoms with E-state index in [1.165, 1.54) is 0 Å². The van der Waals surface area contributed by atoms with Gasteiger partial charge in [0.2, 0.25) is 5.91 Å². The van der Waals surface area contributed by atoms with Gasteiger partial charge in [-0.2, -0.15) is 0 Å². The quantitative estimate of drug-likeness (QED) is 0.733. The number of aromatic nitrogens is 2. The Morgan fingerprint density at radius 2 is 1.74 bits per heavy atom. The smallest absolute Gasteiger partial charge is 0.222 e. The van der Waals surface area contributed by atoms with Crippen molar-refractivity contribution in [3.05, 3.63) is 24.5 Å². The van der Waals surface area contributed by atoms with Gasteiger partial charge >= 0.3 is 0 Å². The van der Waals surface area contributed by atoms with E-state index in [2.05, 4.69) is 27.0 Å². The summed E-state index contributed by atoms with van der Waals surface area (Å²) in [5, 5.41) is 0. The molecule has 2 aromatic rings. The second-order valence-electron chi connectivity index (χ2n) is 9.02. The summed E-state index contributed by atoms with van der Waals surface area (Å²) in [7, 11) is 0. The summed E-state index contributed by atoms with van der Waals surface area (Å²) in [4.78, 5) is 25.9. The lowest BCUT2D eigenvalue weighted by atomic mass is 9.85. The van der Waals surface area contributed by atoms with E-state index in [-0.39, 0.29) is 6.10 Å². The van der Waals surface area contributed by atoms with Crippen LogP contribution in [0.15, 0.2) is 24.5 Å². The molecular formula is C24H32N4O3. The number of fused-ring (bicyclic) bond motifs is 1. The molecule has 2 saturated heterocycles. The van der Waals surface area contributed by atoms with Gasteiger partial charge in [0.25, 0.3) is 0 Å². The molecule has 5 rings (SSSR count). The molecule has 0 unspecified atom stereocenters. The molecule has 0 N–H and O–H groups in total. The van der Waals surface area contributed by atoms with Gasteiger partial charge in [0, 0.05) is 56.7 Å². The van der Waals surface area contributed by atoms with Gasteiger partial charge in [-0.15, -0.1) is 0 Å². The van der Waals surface area contributed by atoms with Gasteiger partial charge in [-0.05, 0) is 50.5 Å². The van der Waals surface area contributed by atoms with Crippen LogP contribution >= 0.6 is 0 Å². The van der Waals surface area contributed by atoms with Gasteiger partial charge in [-0.3, -0.25) is 9.78 Å². The zero-order valence-corrected chi connectivity index (χ0v) is 18.2. The molecular weight excluding hydrogens is 392 g/mol. The Hall–Kier alpha value is -2.41. The van der Waals surface area contributed by atoms with Crippen molar-refractivity contribution in [3.8, 4) is 5.75 Å². The van der Waals surface area contributed by atoms with Gasteiger partial charge in [0.1, 0.15) is 11.3 Å². The van der Waals surface area contributed by atoms with Gasteiger partial charge in [-0.1, -0.05) is 0 Å². The van der Waals surface area contributed by atoms with Crippen LogP contribution in [0.4, 0.5) is 5.69 Å². The number of carbonyl (C=O) groups is 1. The van der Waals surface area contributed by atoms with Crippen molar-refractivity contribution in [2.24, 2.45) is 5.92 Å². The third kappa shape index (κ3) is 4.76. The minimum Gasteiger partial charge on any atom is -0.488 e. The number of carbonyl (C=O) groups excluding carboxylic acids is 1. The van der Waals surface area contributed by atoms with Gasteiger partial charge in [0.15, 0.2) is 0 Å². The van der Waals surface area contributed by atoms with Crippen LogP contribution in [0.2, 0.25) is 0 Å². The highest BCUT2D eigenvalue weighted by Crippen LogP contribution is 2.35. The Labute approximate surface area is 183 Å². The SMILES string of the molecule is O=C(CC1CCC(Oc2cc(N3CCOCC3)cc3nccnc23)CC1)N1CCCC1. The summed E-state index contributed by atoms with van der Waals surface area (Å²) in [6.07, 6.45) is 10.7. The molecule has 1 amide bonds. The highest BCUT2D eigenvalue weighted by molar-refractivity contribution is 5.85. The lowest BCUT2D eigenvalue weighted by Crippen LogP contribution is -2.36. The fraction of sp³-hybridized carbons (Fsp3) is 0.625. The number of likely N-dealkylation sites (tertiary alicyclic amines) is 1. The number of amides is 1. The van der Waals surface area contributed by atoms with E-state index in [4.69, 9.17) is 9.47 Å². The molecule has 1 aromatic carbocycles. The van der Waals surface area contributed by atoms with E-state index in [0.29, 0.717) is 18.2 Å². The van der Waals surface area contributed by atoms with Crippen molar-refractivity contribution in [2.45, 2.75) is 51.0 Å². The Morgan fingerprint density at radius 1 is 1.00 bits per heavy atom. The topological polar surface area (TPSA) is 67.8 Å². The van der Waals surface area contributed by atoms with E-state index in [9.17, 15) is 4.79 Å². The molecule has 1 saturated carbocycles. The van der Waals surface area contributed by atoms with E-state index in [0.717, 1.165) is 100 Å². The first-order valence-corrected chi connectivity index (χ1v) is 11.8. The Balaban J connectivity index is 1.24. The molecule has 0 bridgehead atoms. The lowest BCUT2D eigenvalue weighted by Gasteiger charge is -2.31. The van der Waals surface area contributed by atoms with Gasteiger partial charge in [0.05, 0.1) is 24.8 Å². The zero-order chi connectivity index (χ0) is 21.0. The second kappa shape index (κ2) is 9.39. The molecule has 166 valence electrons. The normalized spacial score (nSPS) is 24.5. The summed E-state index contributed by atoms with van der Waals surface area (Å²) in [6.45, 7) is 5.14. The second-order valence-corrected chi connectivity index (χ2v) is 9.02. The van der Waals surface area contributed by atoms with E-state index < -0.39 is 0 Å². The predicted molar refractivity (Wildman–Crippen MR) is 119 cm³/mol. The van der Waals surface area contributed by atoms with Crippen molar-refractivity contribution in [1.82, 2.24) is 14.9 Å². The molecule has 0 spiro atoms. The fourth-order valence-corrected chi connectivity index (χ4v) is 5.10. The average Bonchev–Trinajstić information content (AvgIpc) is 3.36. The molecule has 3 fully saturated rings. The summed E-state index contributed by atoms with van der Waals surface area (Å²) < 4.78 is 12.0. The monoisotopic (exact) mass is 424 g/mol. The number of hydrogen-bond acceptors (Lipinski definition) is 6. The first kappa shape index (κ1) is 20.5. The predicted octanol–water partition coefficient (Wildman–Crippen LogP) is 3.42. The highest BCUT2D eigenvalue weighted by atomic mass is 16.5. The number of ether oxygens (including phenoxy) is 2. The Bertz CT molecular complexity index is 901. The summed E-state index contributed by atoms with van der Waals surface area (Å²) in [6, 6.07) is 4.21. The molecule has 2 aliphatic heterocycles. The Morgan fingerprint density at radius 3 is 2.52 bits per heavy atom. The van der Waals surface area contributed by atoms with Crippen LogP contribution < -0.4 is 9.64 Å². The van der Waals surface area contributed by atoms with Crippen LogP contribution in [0.25, 0.3) is 11.0 Å². The highest BCUT2D eigenvalue weighted by Gasteiger charge is 2.27. The van der Waals surface area contributed by atoms with Crippen LogP contribution in [-0.4, -0.2) is 66.3 Å². The first-order valence-electron chi connectivity index (χ1n) is 11.8. The number of nitrogens with zero attached hydrogens (tertiary/aromatic N) is 4. The van der Waals surface area contributed by atoms with Crippen LogP contribution in [0.3, 0.4) is 0 Å². The van der Waals surface area contributed by atoms with E-state index in [1.807, 2.05) is 4.90 Å². The largest absolute Gasteiger partial charge is 0.488 e. The molecule has 0 atom stereocenters. The van der Waals surface area contributed by atoms with Crippen LogP contribution in [0.5, 0.6) is 5.75 Å². The summed E-state index contributed by atoms with van der Waals surface area (Å²) in [5.41, 5.74) is 2.81. The minimum atomic E-state index is 0.170. The van der Waals surface area contributed by atoms with E-state index in [1.54, 1.807) is 12.4 Å². The minimum absolute atomic E-state index is 0.170. The van der Waals surface area contributed by atoms with Crippen LogP contribution in [0, 0.1) is 5.92 Å². The summed E-state index contributed by atoms with van der Waals surface area (Å²) >= 11 is 0. The number of rotatable bonds is 5. The zero-order valence-electron chi connectivity index (χ0n) is 18.2. The number of morpholine rings is 1. The third-order valence-corrected chi connectivity index (χ3v) is 6.91. The van der Waals surface area contributed by atoms with Crippen molar-refractivity contribution in [3.63, 3.8) is 0 Å². The van der Waals surface area contributed by atoms with Gasteiger partial charge in [-0.25, -0.2) is 4.98 Å². The molecule has 3 aliphatic rings. The maximum absolute atomic E-state index is 12.5. The first-order chi connectivity index (χ1) is 15.3. The van der Waals surface area contributed by atoms with E-state index >= 15 is 0 Å². The van der Waals surface area contributed by atoms with Crippen LogP contribution in [0.1, 0.15) is 44.9 Å².